The molecule has 0 radical (unpaired) electrons. The van der Waals surface area contributed by atoms with Crippen molar-refractivity contribution in [2.24, 2.45) is 0 Å². The molecule has 0 fully saturated rings. The molecule has 76 valence electrons. The van der Waals surface area contributed by atoms with Crippen LogP contribution < -0.4 is 11.1 Å². The summed E-state index contributed by atoms with van der Waals surface area (Å²) in [6, 6.07) is 11.1. The summed E-state index contributed by atoms with van der Waals surface area (Å²) < 4.78 is 0.703. The molecule has 0 spiro atoms. The Morgan fingerprint density at radius 1 is 1.07 bits per heavy atom. The number of halogens is 1. The highest BCUT2D eigenvalue weighted by atomic mass is 79.9. The average Bonchev–Trinajstić information content (AvgIpc) is 2.25. The normalized spacial score (nSPS) is 9.93. The number of hydrogen-bond acceptors (Lipinski definition) is 4. The van der Waals surface area contributed by atoms with E-state index in [-0.39, 0.29) is 0 Å². The van der Waals surface area contributed by atoms with Gasteiger partial charge in [-0.2, -0.15) is 0 Å². The van der Waals surface area contributed by atoms with Gasteiger partial charge in [-0.15, -0.1) is 10.2 Å². The van der Waals surface area contributed by atoms with E-state index in [2.05, 4.69) is 31.4 Å². The van der Waals surface area contributed by atoms with Gasteiger partial charge in [-0.25, -0.2) is 0 Å². The van der Waals surface area contributed by atoms with E-state index in [1.165, 1.54) is 0 Å². The van der Waals surface area contributed by atoms with Crippen LogP contribution in [0.3, 0.4) is 0 Å². The van der Waals surface area contributed by atoms with E-state index in [1.807, 2.05) is 36.4 Å². The zero-order chi connectivity index (χ0) is 10.7. The molecule has 3 N–H and O–H groups in total. The third-order valence-corrected chi connectivity index (χ3v) is 2.28. The van der Waals surface area contributed by atoms with Gasteiger partial charge in [0.2, 0.25) is 0 Å². The zero-order valence-electron chi connectivity index (χ0n) is 7.81. The van der Waals surface area contributed by atoms with Crippen LogP contribution in [-0.2, 0) is 0 Å². The van der Waals surface area contributed by atoms with Crippen molar-refractivity contribution in [3.63, 3.8) is 0 Å². The minimum Gasteiger partial charge on any atom is -0.397 e. The minimum atomic E-state index is 0.663. The lowest BCUT2D eigenvalue weighted by atomic mass is 10.3. The lowest BCUT2D eigenvalue weighted by molar-refractivity contribution is 1.01. The van der Waals surface area contributed by atoms with Crippen molar-refractivity contribution >= 4 is 33.1 Å². The van der Waals surface area contributed by atoms with Gasteiger partial charge in [-0.1, -0.05) is 12.1 Å². The largest absolute Gasteiger partial charge is 0.397 e. The highest BCUT2D eigenvalue weighted by Crippen LogP contribution is 2.20. The van der Waals surface area contributed by atoms with Crippen LogP contribution in [0.4, 0.5) is 17.2 Å². The summed E-state index contributed by atoms with van der Waals surface area (Å²) in [5.41, 5.74) is 7.29. The number of hydrogen-bond donors (Lipinski definition) is 2. The third kappa shape index (κ3) is 2.44. The molecule has 4 nitrogen and oxygen atoms in total. The van der Waals surface area contributed by atoms with Crippen LogP contribution in [0.2, 0.25) is 0 Å². The molecule has 0 aliphatic rings. The Hall–Kier alpha value is -1.62. The number of benzene rings is 1. The molecule has 0 aliphatic heterocycles. The highest BCUT2D eigenvalue weighted by Gasteiger charge is 1.99. The standard InChI is InChI=1S/C10H9BrN4/c11-9-5-6-10(15-14-9)13-8-4-2-1-3-7(8)12/h1-6H,12H2,(H,13,15). The molecule has 0 unspecified atom stereocenters. The smallest absolute Gasteiger partial charge is 0.153 e. The van der Waals surface area contributed by atoms with Crippen molar-refractivity contribution in [3.8, 4) is 0 Å². The molecule has 0 aliphatic carbocycles. The fourth-order valence-corrected chi connectivity index (χ4v) is 1.34. The van der Waals surface area contributed by atoms with Crippen LogP contribution in [0.5, 0.6) is 0 Å². The number of aromatic nitrogens is 2. The first-order valence-corrected chi connectivity index (χ1v) is 5.16. The Morgan fingerprint density at radius 2 is 1.87 bits per heavy atom. The van der Waals surface area contributed by atoms with Gasteiger partial charge in [-0.3, -0.25) is 0 Å². The lowest BCUT2D eigenvalue weighted by Crippen LogP contribution is -1.98. The number of para-hydroxylation sites is 2. The first kappa shape index (κ1) is 9.92. The number of anilines is 3. The fourth-order valence-electron chi connectivity index (χ4n) is 1.13. The number of nitrogens with two attached hydrogens (primary N) is 1. The quantitative estimate of drug-likeness (QED) is 0.819. The molecule has 1 aromatic heterocycles. The predicted molar refractivity (Wildman–Crippen MR) is 63.9 cm³/mol. The van der Waals surface area contributed by atoms with Crippen molar-refractivity contribution in [2.45, 2.75) is 0 Å². The summed E-state index contributed by atoms with van der Waals surface area (Å²) >= 11 is 3.22. The van der Waals surface area contributed by atoms with E-state index in [4.69, 9.17) is 5.73 Å². The molecule has 0 bridgehead atoms. The maximum atomic E-state index is 5.78. The van der Waals surface area contributed by atoms with Gasteiger partial charge < -0.3 is 11.1 Å². The van der Waals surface area contributed by atoms with Crippen LogP contribution in [-0.4, -0.2) is 10.2 Å². The van der Waals surface area contributed by atoms with E-state index < -0.39 is 0 Å². The van der Waals surface area contributed by atoms with Crippen molar-refractivity contribution < 1.29 is 0 Å². The maximum Gasteiger partial charge on any atom is 0.153 e. The summed E-state index contributed by atoms with van der Waals surface area (Å²) in [7, 11) is 0. The SMILES string of the molecule is Nc1ccccc1Nc1ccc(Br)nn1. The maximum absolute atomic E-state index is 5.78. The summed E-state index contributed by atoms with van der Waals surface area (Å²) in [5.74, 6) is 0.663. The second-order valence-electron chi connectivity index (χ2n) is 2.95. The van der Waals surface area contributed by atoms with Crippen molar-refractivity contribution in [1.29, 1.82) is 0 Å². The van der Waals surface area contributed by atoms with Crippen molar-refractivity contribution in [2.75, 3.05) is 11.1 Å². The molecular formula is C10H9BrN4. The number of nitrogens with zero attached hydrogens (tertiary/aromatic N) is 2. The molecule has 2 rings (SSSR count). The summed E-state index contributed by atoms with van der Waals surface area (Å²) in [6.45, 7) is 0. The van der Waals surface area contributed by atoms with Crippen LogP contribution in [0.25, 0.3) is 0 Å². The van der Waals surface area contributed by atoms with Crippen LogP contribution in [0.15, 0.2) is 41.0 Å². The summed E-state index contributed by atoms with van der Waals surface area (Å²) in [6.07, 6.45) is 0. The second-order valence-corrected chi connectivity index (χ2v) is 3.77. The van der Waals surface area contributed by atoms with E-state index in [0.29, 0.717) is 16.1 Å². The highest BCUT2D eigenvalue weighted by molar-refractivity contribution is 9.10. The topological polar surface area (TPSA) is 63.8 Å². The van der Waals surface area contributed by atoms with Gasteiger partial charge in [0.05, 0.1) is 11.4 Å². The first-order valence-electron chi connectivity index (χ1n) is 4.36. The molecule has 5 heteroatoms. The Labute approximate surface area is 95.7 Å². The van der Waals surface area contributed by atoms with E-state index in [0.717, 1.165) is 5.69 Å². The Morgan fingerprint density at radius 3 is 2.53 bits per heavy atom. The van der Waals surface area contributed by atoms with Crippen molar-refractivity contribution in [3.05, 3.63) is 41.0 Å². The Bertz CT molecular complexity index is 455. The molecule has 2 aromatic rings. The van der Waals surface area contributed by atoms with Gasteiger partial charge in [0.1, 0.15) is 4.60 Å². The predicted octanol–water partition coefficient (Wildman–Crippen LogP) is 2.56. The van der Waals surface area contributed by atoms with E-state index >= 15 is 0 Å². The molecule has 0 saturated heterocycles. The Balaban J connectivity index is 2.22. The fraction of sp³-hybridized carbons (Fsp3) is 0. The van der Waals surface area contributed by atoms with Crippen LogP contribution in [0, 0.1) is 0 Å². The summed E-state index contributed by atoms with van der Waals surface area (Å²) in [4.78, 5) is 0. The second kappa shape index (κ2) is 4.27. The van der Waals surface area contributed by atoms with Gasteiger partial charge in [0, 0.05) is 0 Å². The van der Waals surface area contributed by atoms with Gasteiger partial charge >= 0.3 is 0 Å². The number of nitrogens with one attached hydrogen (secondary N) is 1. The monoisotopic (exact) mass is 264 g/mol. The van der Waals surface area contributed by atoms with E-state index in [1.54, 1.807) is 0 Å². The first-order chi connectivity index (χ1) is 7.25. The number of nitrogen functional groups attached to an aromatic ring is 1. The molecule has 0 atom stereocenters. The molecule has 0 amide bonds. The Kier molecular flexibility index (Phi) is 2.82. The number of rotatable bonds is 2. The van der Waals surface area contributed by atoms with Crippen molar-refractivity contribution in [1.82, 2.24) is 10.2 Å². The van der Waals surface area contributed by atoms with Gasteiger partial charge in [-0.05, 0) is 40.2 Å². The van der Waals surface area contributed by atoms with Gasteiger partial charge in [0.25, 0.3) is 0 Å². The third-order valence-electron chi connectivity index (χ3n) is 1.86. The molecular weight excluding hydrogens is 256 g/mol. The molecule has 0 saturated carbocycles. The van der Waals surface area contributed by atoms with Crippen LogP contribution >= 0.6 is 15.9 Å². The molecule has 1 aromatic carbocycles. The van der Waals surface area contributed by atoms with Gasteiger partial charge in [0.15, 0.2) is 5.82 Å². The molecule has 15 heavy (non-hydrogen) atoms. The minimum absolute atomic E-state index is 0.663. The lowest BCUT2D eigenvalue weighted by Gasteiger charge is -2.06. The van der Waals surface area contributed by atoms with E-state index in [9.17, 15) is 0 Å². The molecule has 1 heterocycles. The average molecular weight is 265 g/mol. The summed E-state index contributed by atoms with van der Waals surface area (Å²) in [5, 5.41) is 10.9. The zero-order valence-corrected chi connectivity index (χ0v) is 9.40. The van der Waals surface area contributed by atoms with Crippen LogP contribution in [0.1, 0.15) is 0 Å².